The lowest BCUT2D eigenvalue weighted by Gasteiger charge is -2.47. The summed E-state index contributed by atoms with van der Waals surface area (Å²) in [5.74, 6) is 0.594. The zero-order valence-corrected chi connectivity index (χ0v) is 11.0. The first kappa shape index (κ1) is 12.6. The molecule has 17 heavy (non-hydrogen) atoms. The molecule has 3 aliphatic heterocycles. The summed E-state index contributed by atoms with van der Waals surface area (Å²) in [5.41, 5.74) is 5.87. The highest BCUT2D eigenvalue weighted by Crippen LogP contribution is 2.15. The van der Waals surface area contributed by atoms with Gasteiger partial charge in [-0.15, -0.1) is 0 Å². The van der Waals surface area contributed by atoms with E-state index < -0.39 is 0 Å². The van der Waals surface area contributed by atoms with E-state index in [1.165, 1.54) is 26.2 Å². The minimum absolute atomic E-state index is 0.408. The molecular formula is C12H25N5. The second-order valence-corrected chi connectivity index (χ2v) is 5.17. The maximum absolute atomic E-state index is 5.87. The Morgan fingerprint density at radius 1 is 1.41 bits per heavy atom. The summed E-state index contributed by atoms with van der Waals surface area (Å²) in [5, 5.41) is 3.21. The number of guanidine groups is 1. The number of aliphatic imine (C=N–C) groups is 1. The van der Waals surface area contributed by atoms with E-state index in [4.69, 9.17) is 5.73 Å². The molecule has 3 aliphatic rings. The molecule has 98 valence electrons. The Bertz CT molecular complexity index is 270. The van der Waals surface area contributed by atoms with Gasteiger partial charge in [0.15, 0.2) is 5.96 Å². The highest BCUT2D eigenvalue weighted by Gasteiger charge is 2.31. The topological polar surface area (TPSA) is 56.9 Å². The Hall–Kier alpha value is -0.810. The molecule has 0 aromatic heterocycles. The van der Waals surface area contributed by atoms with Crippen LogP contribution in [0.2, 0.25) is 0 Å². The zero-order chi connectivity index (χ0) is 12.3. The number of hydrogen-bond donors (Lipinski definition) is 2. The molecule has 3 N–H and O–H groups in total. The van der Waals surface area contributed by atoms with Gasteiger partial charge in [0.2, 0.25) is 0 Å². The van der Waals surface area contributed by atoms with Crippen LogP contribution in [0, 0.1) is 0 Å². The van der Waals surface area contributed by atoms with Crippen molar-refractivity contribution >= 4 is 5.96 Å². The first-order valence-electron chi connectivity index (χ1n) is 6.72. The third-order valence-electron chi connectivity index (χ3n) is 3.87. The van der Waals surface area contributed by atoms with Crippen LogP contribution in [-0.2, 0) is 0 Å². The molecule has 5 heteroatoms. The molecule has 0 aromatic rings. The summed E-state index contributed by atoms with van der Waals surface area (Å²) in [6, 6.07) is 0.973. The van der Waals surface area contributed by atoms with E-state index in [9.17, 15) is 0 Å². The van der Waals surface area contributed by atoms with Crippen LogP contribution in [-0.4, -0.2) is 67.1 Å². The third-order valence-corrected chi connectivity index (χ3v) is 3.87. The summed E-state index contributed by atoms with van der Waals surface area (Å²) in [6.45, 7) is 11.1. The molecule has 2 unspecified atom stereocenters. The molecule has 0 aliphatic carbocycles. The number of nitrogens with zero attached hydrogens (tertiary/aromatic N) is 3. The minimum Gasteiger partial charge on any atom is -0.370 e. The van der Waals surface area contributed by atoms with Crippen molar-refractivity contribution in [1.29, 1.82) is 0 Å². The summed E-state index contributed by atoms with van der Waals surface area (Å²) < 4.78 is 0. The summed E-state index contributed by atoms with van der Waals surface area (Å²) in [4.78, 5) is 9.54. The molecule has 2 atom stereocenters. The maximum Gasteiger partial charge on any atom is 0.188 e. The first-order valence-corrected chi connectivity index (χ1v) is 6.72. The molecule has 0 saturated carbocycles. The van der Waals surface area contributed by atoms with Gasteiger partial charge in [-0.1, -0.05) is 6.92 Å². The molecule has 3 saturated heterocycles. The average Bonchev–Trinajstić information content (AvgIpc) is 2.37. The van der Waals surface area contributed by atoms with Crippen molar-refractivity contribution in [3.8, 4) is 0 Å². The normalized spacial score (nSPS) is 34.7. The van der Waals surface area contributed by atoms with Crippen LogP contribution in [0.4, 0.5) is 0 Å². The lowest BCUT2D eigenvalue weighted by atomic mass is 10.1. The second-order valence-electron chi connectivity index (χ2n) is 5.17. The van der Waals surface area contributed by atoms with E-state index in [1.807, 2.05) is 0 Å². The number of fused-ring (bicyclic) bond motifs is 3. The van der Waals surface area contributed by atoms with Gasteiger partial charge in [0.25, 0.3) is 0 Å². The fourth-order valence-corrected chi connectivity index (χ4v) is 2.50. The van der Waals surface area contributed by atoms with Gasteiger partial charge in [-0.25, -0.2) is 0 Å². The number of nitrogens with one attached hydrogen (secondary N) is 1. The molecule has 3 fully saturated rings. The standard InChI is InChI=1S/C12H25N5/c1-3-10(2)15-12(13)14-8-11-9-16-4-6-17(11)7-5-16/h10-11H,3-9H2,1-2H3,(H3,13,14,15). The van der Waals surface area contributed by atoms with Crippen molar-refractivity contribution in [1.82, 2.24) is 15.1 Å². The third kappa shape index (κ3) is 3.33. The lowest BCUT2D eigenvalue weighted by Crippen LogP contribution is -2.62. The SMILES string of the molecule is CCC(C)NC(N)=NCC1CN2CCN1CC2. The largest absolute Gasteiger partial charge is 0.370 e. The molecule has 5 nitrogen and oxygen atoms in total. The van der Waals surface area contributed by atoms with Crippen molar-refractivity contribution in [3.63, 3.8) is 0 Å². The van der Waals surface area contributed by atoms with E-state index in [-0.39, 0.29) is 0 Å². The lowest BCUT2D eigenvalue weighted by molar-refractivity contribution is 0.0174. The molecule has 0 aromatic carbocycles. The van der Waals surface area contributed by atoms with Crippen LogP contribution in [0.5, 0.6) is 0 Å². The Morgan fingerprint density at radius 3 is 2.65 bits per heavy atom. The first-order chi connectivity index (χ1) is 8.19. The quantitative estimate of drug-likeness (QED) is 0.522. The monoisotopic (exact) mass is 239 g/mol. The maximum atomic E-state index is 5.87. The smallest absolute Gasteiger partial charge is 0.188 e. The van der Waals surface area contributed by atoms with E-state index in [0.29, 0.717) is 18.0 Å². The number of nitrogens with two attached hydrogens (primary N) is 1. The van der Waals surface area contributed by atoms with Gasteiger partial charge in [-0.05, 0) is 13.3 Å². The Labute approximate surface area is 104 Å². The highest BCUT2D eigenvalue weighted by molar-refractivity contribution is 5.78. The molecule has 0 radical (unpaired) electrons. The van der Waals surface area contributed by atoms with E-state index in [0.717, 1.165) is 19.5 Å². The Morgan fingerprint density at radius 2 is 2.12 bits per heavy atom. The van der Waals surface area contributed by atoms with Crippen LogP contribution in [0.1, 0.15) is 20.3 Å². The van der Waals surface area contributed by atoms with Crippen LogP contribution in [0.15, 0.2) is 4.99 Å². The fraction of sp³-hybridized carbons (Fsp3) is 0.917. The van der Waals surface area contributed by atoms with Gasteiger partial charge in [-0.3, -0.25) is 14.8 Å². The van der Waals surface area contributed by atoms with Gasteiger partial charge in [0.1, 0.15) is 0 Å². The van der Waals surface area contributed by atoms with E-state index in [1.54, 1.807) is 0 Å². The van der Waals surface area contributed by atoms with Gasteiger partial charge < -0.3 is 11.1 Å². The van der Waals surface area contributed by atoms with Gasteiger partial charge in [-0.2, -0.15) is 0 Å². The summed E-state index contributed by atoms with van der Waals surface area (Å²) >= 11 is 0. The predicted octanol–water partition coefficient (Wildman–Crippen LogP) is -0.311. The van der Waals surface area contributed by atoms with E-state index >= 15 is 0 Å². The summed E-state index contributed by atoms with van der Waals surface area (Å²) in [6.07, 6.45) is 1.07. The van der Waals surface area contributed by atoms with E-state index in [2.05, 4.69) is 34.0 Å². The number of piperazine rings is 3. The van der Waals surface area contributed by atoms with Crippen LogP contribution >= 0.6 is 0 Å². The fourth-order valence-electron chi connectivity index (χ4n) is 2.50. The van der Waals surface area contributed by atoms with Crippen LogP contribution in [0.3, 0.4) is 0 Å². The number of hydrogen-bond acceptors (Lipinski definition) is 3. The van der Waals surface area contributed by atoms with Crippen LogP contribution in [0.25, 0.3) is 0 Å². The highest BCUT2D eigenvalue weighted by atomic mass is 15.3. The van der Waals surface area contributed by atoms with Gasteiger partial charge >= 0.3 is 0 Å². The van der Waals surface area contributed by atoms with Crippen molar-refractivity contribution in [2.24, 2.45) is 10.7 Å². The average molecular weight is 239 g/mol. The van der Waals surface area contributed by atoms with Gasteiger partial charge in [0.05, 0.1) is 6.54 Å². The number of rotatable bonds is 4. The Kier molecular flexibility index (Phi) is 4.23. The van der Waals surface area contributed by atoms with Crippen molar-refractivity contribution in [3.05, 3.63) is 0 Å². The predicted molar refractivity (Wildman–Crippen MR) is 71.2 cm³/mol. The molecule has 3 rings (SSSR count). The Balaban J connectivity index is 1.79. The van der Waals surface area contributed by atoms with Crippen molar-refractivity contribution in [2.45, 2.75) is 32.4 Å². The zero-order valence-electron chi connectivity index (χ0n) is 11.0. The van der Waals surface area contributed by atoms with Crippen molar-refractivity contribution < 1.29 is 0 Å². The second kappa shape index (κ2) is 5.69. The molecule has 2 bridgehead atoms. The summed E-state index contributed by atoms with van der Waals surface area (Å²) in [7, 11) is 0. The minimum atomic E-state index is 0.408. The van der Waals surface area contributed by atoms with Gasteiger partial charge in [0, 0.05) is 44.8 Å². The molecule has 0 amide bonds. The van der Waals surface area contributed by atoms with Crippen molar-refractivity contribution in [2.75, 3.05) is 39.3 Å². The molecule has 0 spiro atoms. The molecule has 3 heterocycles. The van der Waals surface area contributed by atoms with Crippen LogP contribution < -0.4 is 11.1 Å². The molecular weight excluding hydrogens is 214 g/mol.